The summed E-state index contributed by atoms with van der Waals surface area (Å²) in [5.41, 5.74) is -0.458. The zero-order valence-corrected chi connectivity index (χ0v) is 17.2. The Morgan fingerprint density at radius 2 is 1.83 bits per heavy atom. The van der Waals surface area contributed by atoms with Gasteiger partial charge in [-0.1, -0.05) is 30.3 Å². The quantitative estimate of drug-likeness (QED) is 0.592. The zero-order valence-electron chi connectivity index (χ0n) is 16.4. The van der Waals surface area contributed by atoms with E-state index in [2.05, 4.69) is 10.6 Å². The maximum Gasteiger partial charge on any atom is 0.416 e. The Balaban J connectivity index is 1.91. The molecule has 5 nitrogen and oxygen atoms in total. The number of carbonyl (C=O) groups excluding carboxylic acids is 2. The number of hydrogen-bond donors (Lipinski definition) is 2. The molecule has 0 fully saturated rings. The average molecular weight is 440 g/mol. The molecule has 0 saturated heterocycles. The fourth-order valence-electron chi connectivity index (χ4n) is 2.58. The first-order chi connectivity index (χ1) is 14.3. The van der Waals surface area contributed by atoms with E-state index in [0.29, 0.717) is 23.5 Å². The lowest BCUT2D eigenvalue weighted by Gasteiger charge is -2.18. The summed E-state index contributed by atoms with van der Waals surface area (Å²) in [4.78, 5) is 24.7. The number of carbonyl (C=O) groups is 2. The summed E-state index contributed by atoms with van der Waals surface area (Å²) in [6.45, 7) is -0.324. The van der Waals surface area contributed by atoms with Crippen LogP contribution in [0.25, 0.3) is 0 Å². The molecule has 0 aliphatic heterocycles. The fourth-order valence-corrected chi connectivity index (χ4v) is 3.05. The minimum Gasteiger partial charge on any atom is -0.484 e. The normalized spacial score (nSPS) is 12.1. The Kier molecular flexibility index (Phi) is 9.04. The second-order valence-electron chi connectivity index (χ2n) is 6.42. The molecule has 1 atom stereocenters. The number of nitrogens with one attached hydrogen (secondary N) is 2. The van der Waals surface area contributed by atoms with Gasteiger partial charge < -0.3 is 15.4 Å². The van der Waals surface area contributed by atoms with Crippen LogP contribution in [0.4, 0.5) is 13.2 Å². The third-order valence-corrected chi connectivity index (χ3v) is 4.74. The van der Waals surface area contributed by atoms with E-state index in [9.17, 15) is 22.8 Å². The van der Waals surface area contributed by atoms with Gasteiger partial charge in [0.05, 0.1) is 5.56 Å². The van der Waals surface area contributed by atoms with Gasteiger partial charge in [-0.25, -0.2) is 0 Å². The van der Waals surface area contributed by atoms with Crippen LogP contribution in [0.5, 0.6) is 5.75 Å². The molecule has 0 heterocycles. The fraction of sp³-hybridized carbons (Fsp3) is 0.333. The second-order valence-corrected chi connectivity index (χ2v) is 7.40. The van der Waals surface area contributed by atoms with Gasteiger partial charge in [-0.15, -0.1) is 0 Å². The summed E-state index contributed by atoms with van der Waals surface area (Å²) in [6.07, 6.45) is -2.20. The van der Waals surface area contributed by atoms with E-state index in [1.165, 1.54) is 23.9 Å². The Morgan fingerprint density at radius 3 is 2.50 bits per heavy atom. The van der Waals surface area contributed by atoms with Gasteiger partial charge in [0.2, 0.25) is 5.91 Å². The van der Waals surface area contributed by atoms with Gasteiger partial charge in [0.1, 0.15) is 11.8 Å². The second kappa shape index (κ2) is 11.5. The lowest BCUT2D eigenvalue weighted by atomic mass is 10.1. The Bertz CT molecular complexity index is 832. The van der Waals surface area contributed by atoms with E-state index in [-0.39, 0.29) is 13.2 Å². The summed E-state index contributed by atoms with van der Waals surface area (Å²) in [7, 11) is 0. The van der Waals surface area contributed by atoms with Crippen LogP contribution in [0, 0.1) is 0 Å². The zero-order chi connectivity index (χ0) is 22.0. The third-order valence-electron chi connectivity index (χ3n) is 4.10. The molecule has 1 unspecified atom stereocenters. The van der Waals surface area contributed by atoms with E-state index in [4.69, 9.17) is 4.74 Å². The number of benzene rings is 2. The maximum atomic E-state index is 12.8. The van der Waals surface area contributed by atoms with Crippen molar-refractivity contribution >= 4 is 23.6 Å². The first kappa shape index (κ1) is 23.6. The van der Waals surface area contributed by atoms with Gasteiger partial charge in [-0.05, 0) is 48.3 Å². The van der Waals surface area contributed by atoms with Gasteiger partial charge in [0.15, 0.2) is 6.61 Å². The molecular formula is C21H23F3N2O3S. The molecule has 0 aliphatic rings. The highest BCUT2D eigenvalue weighted by molar-refractivity contribution is 7.98. The van der Waals surface area contributed by atoms with E-state index in [1.54, 1.807) is 24.3 Å². The van der Waals surface area contributed by atoms with Crippen LogP contribution in [0.15, 0.2) is 54.6 Å². The molecule has 162 valence electrons. The molecule has 0 bridgehead atoms. The molecule has 2 rings (SSSR count). The molecule has 2 amide bonds. The Hall–Kier alpha value is -2.68. The van der Waals surface area contributed by atoms with Crippen molar-refractivity contribution in [2.45, 2.75) is 25.2 Å². The summed E-state index contributed by atoms with van der Waals surface area (Å²) in [5, 5.41) is 5.22. The molecule has 0 radical (unpaired) electrons. The number of hydrogen-bond acceptors (Lipinski definition) is 4. The number of para-hydroxylation sites is 1. The first-order valence-corrected chi connectivity index (χ1v) is 10.6. The molecule has 2 aromatic rings. The van der Waals surface area contributed by atoms with E-state index in [1.807, 2.05) is 12.3 Å². The summed E-state index contributed by atoms with van der Waals surface area (Å²) >= 11 is 1.52. The van der Waals surface area contributed by atoms with Gasteiger partial charge in [0, 0.05) is 6.54 Å². The monoisotopic (exact) mass is 440 g/mol. The minimum atomic E-state index is -4.45. The summed E-state index contributed by atoms with van der Waals surface area (Å²) < 4.78 is 43.8. The van der Waals surface area contributed by atoms with Crippen molar-refractivity contribution in [2.24, 2.45) is 0 Å². The number of amides is 2. The largest absolute Gasteiger partial charge is 0.484 e. The van der Waals surface area contributed by atoms with Crippen molar-refractivity contribution in [3.63, 3.8) is 0 Å². The lowest BCUT2D eigenvalue weighted by Crippen LogP contribution is -2.48. The van der Waals surface area contributed by atoms with Gasteiger partial charge in [0.25, 0.3) is 5.91 Å². The number of thioether (sulfide) groups is 1. The van der Waals surface area contributed by atoms with Crippen molar-refractivity contribution in [1.82, 2.24) is 10.6 Å². The highest BCUT2D eigenvalue weighted by Gasteiger charge is 2.30. The van der Waals surface area contributed by atoms with Crippen molar-refractivity contribution in [2.75, 3.05) is 18.6 Å². The SMILES string of the molecule is CSCCC(NC(=O)COc1ccccc1)C(=O)NCc1cccc(C(F)(F)F)c1. The minimum absolute atomic E-state index is 0.0745. The highest BCUT2D eigenvalue weighted by Crippen LogP contribution is 2.29. The molecule has 2 N–H and O–H groups in total. The standard InChI is InChI=1S/C21H23F3N2O3S/c1-30-11-10-18(26-19(27)14-29-17-8-3-2-4-9-17)20(28)25-13-15-6-5-7-16(12-15)21(22,23)24/h2-9,12,18H,10-11,13-14H2,1H3,(H,25,28)(H,26,27). The molecule has 2 aromatic carbocycles. The van der Waals surface area contributed by atoms with Crippen LogP contribution < -0.4 is 15.4 Å². The van der Waals surface area contributed by atoms with Crippen molar-refractivity contribution in [1.29, 1.82) is 0 Å². The lowest BCUT2D eigenvalue weighted by molar-refractivity contribution is -0.137. The predicted octanol–water partition coefficient (Wildman–Crippen LogP) is 3.64. The topological polar surface area (TPSA) is 67.4 Å². The summed E-state index contributed by atoms with van der Waals surface area (Å²) in [5.74, 6) is 0.234. The molecular weight excluding hydrogens is 417 g/mol. The predicted molar refractivity (Wildman–Crippen MR) is 110 cm³/mol. The Labute approximate surface area is 177 Å². The van der Waals surface area contributed by atoms with E-state index >= 15 is 0 Å². The summed E-state index contributed by atoms with van der Waals surface area (Å²) in [6, 6.07) is 12.7. The first-order valence-electron chi connectivity index (χ1n) is 9.19. The van der Waals surface area contributed by atoms with Crippen molar-refractivity contribution in [3.8, 4) is 5.75 Å². The van der Waals surface area contributed by atoms with Gasteiger partial charge in [-0.2, -0.15) is 24.9 Å². The number of halogens is 3. The van der Waals surface area contributed by atoms with Crippen LogP contribution in [-0.2, 0) is 22.3 Å². The molecule has 0 saturated carbocycles. The van der Waals surface area contributed by atoms with E-state index < -0.39 is 29.6 Å². The van der Waals surface area contributed by atoms with Crippen LogP contribution in [0.3, 0.4) is 0 Å². The number of rotatable bonds is 10. The Morgan fingerprint density at radius 1 is 1.10 bits per heavy atom. The van der Waals surface area contributed by atoms with Crippen LogP contribution in [-0.4, -0.2) is 36.5 Å². The smallest absolute Gasteiger partial charge is 0.416 e. The van der Waals surface area contributed by atoms with Crippen LogP contribution in [0.1, 0.15) is 17.5 Å². The highest BCUT2D eigenvalue weighted by atomic mass is 32.2. The number of ether oxygens (including phenoxy) is 1. The molecule has 0 aromatic heterocycles. The molecule has 9 heteroatoms. The van der Waals surface area contributed by atoms with Crippen molar-refractivity contribution in [3.05, 3.63) is 65.7 Å². The van der Waals surface area contributed by atoms with E-state index in [0.717, 1.165) is 12.1 Å². The van der Waals surface area contributed by atoms with Gasteiger partial charge in [-0.3, -0.25) is 9.59 Å². The maximum absolute atomic E-state index is 12.8. The third kappa shape index (κ3) is 7.98. The van der Waals surface area contributed by atoms with Crippen LogP contribution >= 0.6 is 11.8 Å². The van der Waals surface area contributed by atoms with Gasteiger partial charge >= 0.3 is 6.18 Å². The van der Waals surface area contributed by atoms with Crippen molar-refractivity contribution < 1.29 is 27.5 Å². The van der Waals surface area contributed by atoms with Crippen LogP contribution in [0.2, 0.25) is 0 Å². The molecule has 30 heavy (non-hydrogen) atoms. The molecule has 0 spiro atoms. The average Bonchev–Trinajstić information content (AvgIpc) is 2.73. The molecule has 0 aliphatic carbocycles. The number of alkyl halides is 3.